The van der Waals surface area contributed by atoms with Crippen LogP contribution >= 0.6 is 0 Å². The quantitative estimate of drug-likeness (QED) is 0.552. The van der Waals surface area contributed by atoms with Gasteiger partial charge in [-0.3, -0.25) is 0 Å². The predicted octanol–water partition coefficient (Wildman–Crippen LogP) is 1.49. The third kappa shape index (κ3) is 4.30. The van der Waals surface area contributed by atoms with Crippen LogP contribution in [0.15, 0.2) is 30.3 Å². The van der Waals surface area contributed by atoms with Gasteiger partial charge in [0.15, 0.2) is 6.61 Å². The molecule has 0 fully saturated rings. The Morgan fingerprint density at radius 2 is 1.87 bits per heavy atom. The van der Waals surface area contributed by atoms with Crippen molar-refractivity contribution in [3.8, 4) is 11.8 Å². The summed E-state index contributed by atoms with van der Waals surface area (Å²) in [4.78, 5) is 11.4. The van der Waals surface area contributed by atoms with E-state index in [1.807, 2.05) is 6.07 Å². The lowest BCUT2D eigenvalue weighted by atomic mass is 10.2. The number of hydrogen-bond acceptors (Lipinski definition) is 3. The minimum Gasteiger partial charge on any atom is -0.449 e. The monoisotopic (exact) mass is 204 g/mol. The van der Waals surface area contributed by atoms with Crippen LogP contribution < -0.4 is 0 Å². The summed E-state index contributed by atoms with van der Waals surface area (Å²) in [6, 6.07) is 8.81. The average Bonchev–Trinajstić information content (AvgIpc) is 2.30. The van der Waals surface area contributed by atoms with E-state index in [1.54, 1.807) is 31.4 Å². The number of rotatable bonds is 3. The summed E-state index contributed by atoms with van der Waals surface area (Å²) in [5.74, 6) is 5.00. The van der Waals surface area contributed by atoms with Crippen molar-refractivity contribution in [2.24, 2.45) is 0 Å². The first-order valence-electron chi connectivity index (χ1n) is 4.51. The van der Waals surface area contributed by atoms with Gasteiger partial charge in [0.25, 0.3) is 0 Å². The van der Waals surface area contributed by atoms with Crippen molar-refractivity contribution in [3.63, 3.8) is 0 Å². The standard InChI is InChI=1S/C12H12O3/c1-14-9-5-6-10-15-12(13)11-7-3-2-4-8-11/h2-4,7-8H,9-10H2,1H3. The van der Waals surface area contributed by atoms with Gasteiger partial charge in [-0.05, 0) is 12.1 Å². The van der Waals surface area contributed by atoms with Crippen molar-refractivity contribution in [2.45, 2.75) is 0 Å². The molecule has 0 aromatic heterocycles. The summed E-state index contributed by atoms with van der Waals surface area (Å²) in [5.41, 5.74) is 0.533. The summed E-state index contributed by atoms with van der Waals surface area (Å²) >= 11 is 0. The maximum atomic E-state index is 11.4. The number of carbonyl (C=O) groups is 1. The lowest BCUT2D eigenvalue weighted by Gasteiger charge is -1.99. The van der Waals surface area contributed by atoms with Crippen molar-refractivity contribution >= 4 is 5.97 Å². The SMILES string of the molecule is COCC#CCOC(=O)c1ccccc1. The second kappa shape index (κ2) is 6.63. The van der Waals surface area contributed by atoms with Gasteiger partial charge in [-0.25, -0.2) is 4.79 Å². The summed E-state index contributed by atoms with van der Waals surface area (Å²) < 4.78 is 9.63. The minimum atomic E-state index is -0.359. The number of ether oxygens (including phenoxy) is 2. The number of hydrogen-bond donors (Lipinski definition) is 0. The Morgan fingerprint density at radius 3 is 2.53 bits per heavy atom. The van der Waals surface area contributed by atoms with Gasteiger partial charge < -0.3 is 9.47 Å². The van der Waals surface area contributed by atoms with Gasteiger partial charge in [0.1, 0.15) is 6.61 Å². The second-order valence-corrected chi connectivity index (χ2v) is 2.73. The summed E-state index contributed by atoms with van der Waals surface area (Å²) in [6.07, 6.45) is 0. The van der Waals surface area contributed by atoms with E-state index in [4.69, 9.17) is 9.47 Å². The van der Waals surface area contributed by atoms with Gasteiger partial charge >= 0.3 is 5.97 Å². The van der Waals surface area contributed by atoms with E-state index in [2.05, 4.69) is 11.8 Å². The molecule has 1 rings (SSSR count). The van der Waals surface area contributed by atoms with Crippen LogP contribution in [-0.2, 0) is 9.47 Å². The molecule has 0 amide bonds. The van der Waals surface area contributed by atoms with Crippen LogP contribution in [0, 0.1) is 11.8 Å². The molecule has 3 nitrogen and oxygen atoms in total. The van der Waals surface area contributed by atoms with Gasteiger partial charge in [0.05, 0.1) is 5.56 Å². The number of methoxy groups -OCH3 is 1. The highest BCUT2D eigenvalue weighted by Crippen LogP contribution is 2.00. The minimum absolute atomic E-state index is 0.0943. The van der Waals surface area contributed by atoms with Crippen LogP contribution in [0.25, 0.3) is 0 Å². The van der Waals surface area contributed by atoms with E-state index in [0.717, 1.165) is 0 Å². The number of carbonyl (C=O) groups excluding carboxylic acids is 1. The largest absolute Gasteiger partial charge is 0.449 e. The normalized spacial score (nSPS) is 8.87. The van der Waals surface area contributed by atoms with Gasteiger partial charge in [0, 0.05) is 7.11 Å². The van der Waals surface area contributed by atoms with Crippen LogP contribution in [0.1, 0.15) is 10.4 Å². The van der Waals surface area contributed by atoms with E-state index in [1.165, 1.54) is 0 Å². The number of benzene rings is 1. The highest BCUT2D eigenvalue weighted by Gasteiger charge is 2.03. The molecular weight excluding hydrogens is 192 g/mol. The molecule has 0 aliphatic rings. The van der Waals surface area contributed by atoms with E-state index in [9.17, 15) is 4.79 Å². The molecule has 0 aliphatic heterocycles. The Bertz CT molecular complexity index is 359. The Balaban J connectivity index is 2.35. The van der Waals surface area contributed by atoms with Gasteiger partial charge in [-0.2, -0.15) is 0 Å². The predicted molar refractivity (Wildman–Crippen MR) is 56.4 cm³/mol. The first kappa shape index (κ1) is 11.3. The molecule has 3 heteroatoms. The molecule has 0 bridgehead atoms. The van der Waals surface area contributed by atoms with Crippen LogP contribution in [0.5, 0.6) is 0 Å². The summed E-state index contributed by atoms with van der Waals surface area (Å²) in [7, 11) is 1.56. The summed E-state index contributed by atoms with van der Waals surface area (Å²) in [5, 5.41) is 0. The van der Waals surface area contributed by atoms with Crippen molar-refractivity contribution in [1.29, 1.82) is 0 Å². The molecule has 0 aliphatic carbocycles. The zero-order chi connectivity index (χ0) is 10.9. The zero-order valence-electron chi connectivity index (χ0n) is 8.53. The molecule has 0 heterocycles. The van der Waals surface area contributed by atoms with E-state index in [0.29, 0.717) is 12.2 Å². The highest BCUT2D eigenvalue weighted by molar-refractivity contribution is 5.89. The van der Waals surface area contributed by atoms with Crippen molar-refractivity contribution in [1.82, 2.24) is 0 Å². The molecule has 0 radical (unpaired) electrons. The number of esters is 1. The Hall–Kier alpha value is -1.79. The third-order valence-corrected chi connectivity index (χ3v) is 1.63. The Kier molecular flexibility index (Phi) is 4.99. The molecule has 1 aromatic rings. The van der Waals surface area contributed by atoms with Crippen molar-refractivity contribution < 1.29 is 14.3 Å². The van der Waals surface area contributed by atoms with Crippen LogP contribution in [-0.4, -0.2) is 26.3 Å². The highest BCUT2D eigenvalue weighted by atomic mass is 16.5. The fraction of sp³-hybridized carbons (Fsp3) is 0.250. The average molecular weight is 204 g/mol. The fourth-order valence-corrected chi connectivity index (χ4v) is 0.933. The van der Waals surface area contributed by atoms with Crippen molar-refractivity contribution in [2.75, 3.05) is 20.3 Å². The van der Waals surface area contributed by atoms with Crippen molar-refractivity contribution in [3.05, 3.63) is 35.9 Å². The van der Waals surface area contributed by atoms with Crippen LogP contribution in [0.4, 0.5) is 0 Å². The first-order chi connectivity index (χ1) is 7.34. The molecule has 0 atom stereocenters. The topological polar surface area (TPSA) is 35.5 Å². The van der Waals surface area contributed by atoms with E-state index < -0.39 is 0 Å². The smallest absolute Gasteiger partial charge is 0.339 e. The van der Waals surface area contributed by atoms with Crippen LogP contribution in [0.3, 0.4) is 0 Å². The molecule has 0 spiro atoms. The molecule has 15 heavy (non-hydrogen) atoms. The van der Waals surface area contributed by atoms with Gasteiger partial charge in [0.2, 0.25) is 0 Å². The first-order valence-corrected chi connectivity index (χ1v) is 4.51. The second-order valence-electron chi connectivity index (χ2n) is 2.73. The van der Waals surface area contributed by atoms with Gasteiger partial charge in [-0.1, -0.05) is 30.0 Å². The molecule has 1 aromatic carbocycles. The molecule has 0 saturated heterocycles. The van der Waals surface area contributed by atoms with Crippen LogP contribution in [0.2, 0.25) is 0 Å². The lowest BCUT2D eigenvalue weighted by molar-refractivity contribution is 0.0556. The fourth-order valence-electron chi connectivity index (χ4n) is 0.933. The molecule has 0 saturated carbocycles. The van der Waals surface area contributed by atoms with E-state index in [-0.39, 0.29) is 12.6 Å². The molecule has 78 valence electrons. The van der Waals surface area contributed by atoms with E-state index >= 15 is 0 Å². The maximum absolute atomic E-state index is 11.4. The lowest BCUT2D eigenvalue weighted by Crippen LogP contribution is -2.04. The maximum Gasteiger partial charge on any atom is 0.339 e. The molecule has 0 unspecified atom stereocenters. The molecule has 0 N–H and O–H groups in total. The molecular formula is C12H12O3. The summed E-state index contributed by atoms with van der Waals surface area (Å²) in [6.45, 7) is 0.444. The Labute approximate surface area is 89.0 Å². The van der Waals surface area contributed by atoms with Gasteiger partial charge in [-0.15, -0.1) is 0 Å². The zero-order valence-corrected chi connectivity index (χ0v) is 8.53. The Morgan fingerprint density at radius 1 is 1.20 bits per heavy atom. The third-order valence-electron chi connectivity index (χ3n) is 1.63.